The van der Waals surface area contributed by atoms with Crippen LogP contribution in [0.5, 0.6) is 0 Å². The number of halogens is 1. The minimum atomic E-state index is -4.12. The molecule has 0 radical (unpaired) electrons. The largest absolute Gasteiger partial charge is 0.445 e. The number of anilines is 1. The van der Waals surface area contributed by atoms with Gasteiger partial charge >= 0.3 is 5.97 Å². The SMILES string of the molecule is Cc1ccc(F)cc1S(=O)(=O)Nc1cccc(C(=O)OC(C(=O)c2ccccc2)c2ccccc2)c1. The first kappa shape index (κ1) is 24.8. The van der Waals surface area contributed by atoms with Crippen LogP contribution < -0.4 is 4.72 Å². The first-order valence-corrected chi connectivity index (χ1v) is 12.5. The fourth-order valence-corrected chi connectivity index (χ4v) is 4.92. The van der Waals surface area contributed by atoms with E-state index in [9.17, 15) is 22.4 Å². The van der Waals surface area contributed by atoms with Crippen LogP contribution in [0, 0.1) is 12.7 Å². The zero-order valence-corrected chi connectivity index (χ0v) is 20.0. The van der Waals surface area contributed by atoms with Gasteiger partial charge in [0.1, 0.15) is 5.82 Å². The quantitative estimate of drug-likeness (QED) is 0.246. The highest BCUT2D eigenvalue weighted by atomic mass is 32.2. The molecule has 6 nitrogen and oxygen atoms in total. The Hall–Kier alpha value is -4.30. The van der Waals surface area contributed by atoms with Crippen LogP contribution in [-0.2, 0) is 14.8 Å². The minimum absolute atomic E-state index is 0.0351. The molecule has 1 unspecified atom stereocenters. The van der Waals surface area contributed by atoms with Crippen molar-refractivity contribution in [2.24, 2.45) is 0 Å². The number of aryl methyl sites for hydroxylation is 1. The third-order valence-electron chi connectivity index (χ3n) is 5.41. The lowest BCUT2D eigenvalue weighted by atomic mass is 10.00. The molecule has 4 aromatic rings. The van der Waals surface area contributed by atoms with Gasteiger partial charge in [-0.2, -0.15) is 0 Å². The van der Waals surface area contributed by atoms with E-state index in [1.54, 1.807) is 67.6 Å². The van der Waals surface area contributed by atoms with Gasteiger partial charge in [-0.3, -0.25) is 9.52 Å². The van der Waals surface area contributed by atoms with Crippen molar-refractivity contribution in [3.8, 4) is 0 Å². The predicted molar refractivity (Wildman–Crippen MR) is 134 cm³/mol. The van der Waals surface area contributed by atoms with Crippen molar-refractivity contribution in [1.29, 1.82) is 0 Å². The average molecular weight is 504 g/mol. The van der Waals surface area contributed by atoms with Crippen molar-refractivity contribution in [2.75, 3.05) is 4.72 Å². The summed E-state index contributed by atoms with van der Waals surface area (Å²) in [5.74, 6) is -1.89. The van der Waals surface area contributed by atoms with Crippen LogP contribution in [0.3, 0.4) is 0 Å². The van der Waals surface area contributed by atoms with Gasteiger partial charge in [0.25, 0.3) is 10.0 Å². The smallest absolute Gasteiger partial charge is 0.339 e. The van der Waals surface area contributed by atoms with Crippen molar-refractivity contribution < 1.29 is 27.1 Å². The van der Waals surface area contributed by atoms with E-state index in [0.29, 0.717) is 16.7 Å². The maximum atomic E-state index is 13.7. The number of ketones is 1. The molecule has 182 valence electrons. The van der Waals surface area contributed by atoms with Crippen molar-refractivity contribution in [3.63, 3.8) is 0 Å². The summed E-state index contributed by atoms with van der Waals surface area (Å²) in [5.41, 5.74) is 1.36. The molecule has 0 aliphatic heterocycles. The number of nitrogens with one attached hydrogen (secondary N) is 1. The van der Waals surface area contributed by atoms with Gasteiger partial charge in [-0.05, 0) is 42.8 Å². The summed E-state index contributed by atoms with van der Waals surface area (Å²) in [6, 6.07) is 26.2. The summed E-state index contributed by atoms with van der Waals surface area (Å²) >= 11 is 0. The molecule has 0 heterocycles. The summed E-state index contributed by atoms with van der Waals surface area (Å²) in [4.78, 5) is 26.0. The number of sulfonamides is 1. The average Bonchev–Trinajstić information content (AvgIpc) is 2.89. The third kappa shape index (κ3) is 5.67. The number of esters is 1. The Balaban J connectivity index is 1.60. The van der Waals surface area contributed by atoms with Crippen molar-refractivity contribution in [1.82, 2.24) is 0 Å². The second-order valence-corrected chi connectivity index (χ2v) is 9.67. The Morgan fingerprint density at radius 2 is 1.44 bits per heavy atom. The normalized spacial score (nSPS) is 11.9. The van der Waals surface area contributed by atoms with Gasteiger partial charge in [0.15, 0.2) is 6.10 Å². The van der Waals surface area contributed by atoms with E-state index in [4.69, 9.17) is 4.74 Å². The van der Waals surface area contributed by atoms with Gasteiger partial charge in [0, 0.05) is 16.8 Å². The van der Waals surface area contributed by atoms with Crippen molar-refractivity contribution in [2.45, 2.75) is 17.9 Å². The first-order chi connectivity index (χ1) is 17.2. The summed E-state index contributed by atoms with van der Waals surface area (Å²) in [7, 11) is -4.12. The predicted octanol–water partition coefficient (Wildman–Crippen LogP) is 5.72. The van der Waals surface area contributed by atoms with Crippen molar-refractivity contribution >= 4 is 27.5 Å². The van der Waals surface area contributed by atoms with Gasteiger partial charge in [-0.25, -0.2) is 17.6 Å². The van der Waals surface area contributed by atoms with Crippen LogP contribution in [0.2, 0.25) is 0 Å². The molecule has 36 heavy (non-hydrogen) atoms. The van der Waals surface area contributed by atoms with E-state index >= 15 is 0 Å². The molecule has 0 spiro atoms. The van der Waals surface area contributed by atoms with E-state index in [-0.39, 0.29) is 16.1 Å². The van der Waals surface area contributed by atoms with Crippen LogP contribution in [0.25, 0.3) is 0 Å². The van der Waals surface area contributed by atoms with E-state index < -0.39 is 33.7 Å². The zero-order valence-electron chi connectivity index (χ0n) is 19.2. The second-order valence-electron chi connectivity index (χ2n) is 8.02. The summed E-state index contributed by atoms with van der Waals surface area (Å²) < 4.78 is 47.3. The molecule has 0 bridgehead atoms. The third-order valence-corrected chi connectivity index (χ3v) is 6.94. The number of hydrogen-bond acceptors (Lipinski definition) is 5. The van der Waals surface area contributed by atoms with Gasteiger partial charge in [0.2, 0.25) is 5.78 Å². The molecular formula is C28H22FNO5S. The highest BCUT2D eigenvalue weighted by molar-refractivity contribution is 7.92. The molecule has 0 aliphatic carbocycles. The van der Waals surface area contributed by atoms with Gasteiger partial charge < -0.3 is 4.74 Å². The summed E-state index contributed by atoms with van der Waals surface area (Å²) in [6.07, 6.45) is -1.20. The van der Waals surface area contributed by atoms with Gasteiger partial charge in [-0.15, -0.1) is 0 Å². The number of rotatable bonds is 8. The Morgan fingerprint density at radius 1 is 0.806 bits per heavy atom. The van der Waals surface area contributed by atoms with E-state index in [1.165, 1.54) is 36.4 Å². The lowest BCUT2D eigenvalue weighted by Gasteiger charge is -2.18. The number of carbonyl (C=O) groups is 2. The van der Waals surface area contributed by atoms with Crippen LogP contribution in [0.15, 0.2) is 108 Å². The summed E-state index contributed by atoms with van der Waals surface area (Å²) in [6.45, 7) is 1.55. The molecule has 0 amide bonds. The number of hydrogen-bond donors (Lipinski definition) is 1. The topological polar surface area (TPSA) is 89.5 Å². The van der Waals surface area contributed by atoms with Crippen molar-refractivity contribution in [3.05, 3.63) is 131 Å². The number of Topliss-reactive ketones (excluding diaryl/α,β-unsaturated/α-hetero) is 1. The fourth-order valence-electron chi connectivity index (χ4n) is 3.61. The maximum Gasteiger partial charge on any atom is 0.339 e. The monoisotopic (exact) mass is 503 g/mol. The van der Waals surface area contributed by atoms with Crippen LogP contribution in [0.4, 0.5) is 10.1 Å². The van der Waals surface area contributed by atoms with E-state index in [0.717, 1.165) is 6.07 Å². The molecule has 0 fully saturated rings. The molecule has 8 heteroatoms. The molecular weight excluding hydrogens is 481 g/mol. The molecule has 1 atom stereocenters. The molecule has 0 saturated heterocycles. The Morgan fingerprint density at radius 3 is 2.14 bits per heavy atom. The second kappa shape index (κ2) is 10.5. The van der Waals surface area contributed by atoms with Crippen LogP contribution >= 0.6 is 0 Å². The highest BCUT2D eigenvalue weighted by Gasteiger charge is 2.27. The Labute approximate surface area is 208 Å². The van der Waals surface area contributed by atoms with E-state index in [2.05, 4.69) is 4.72 Å². The fraction of sp³-hybridized carbons (Fsp3) is 0.0714. The van der Waals surface area contributed by atoms with Crippen LogP contribution in [-0.4, -0.2) is 20.2 Å². The molecule has 4 aromatic carbocycles. The lowest BCUT2D eigenvalue weighted by Crippen LogP contribution is -2.20. The maximum absolute atomic E-state index is 13.7. The molecule has 0 saturated carbocycles. The summed E-state index contributed by atoms with van der Waals surface area (Å²) in [5, 5.41) is 0. The van der Waals surface area contributed by atoms with Gasteiger partial charge in [-0.1, -0.05) is 72.8 Å². The van der Waals surface area contributed by atoms with Crippen LogP contribution in [0.1, 0.15) is 37.9 Å². The molecule has 0 aromatic heterocycles. The highest BCUT2D eigenvalue weighted by Crippen LogP contribution is 2.26. The standard InChI is InChI=1S/C28H22FNO5S/c1-19-15-16-23(29)18-25(19)36(33,34)30-24-14-8-13-22(17-24)28(32)35-27(21-11-6-3-7-12-21)26(31)20-9-4-2-5-10-20/h2-18,27,30H,1H3. The Kier molecular flexibility index (Phi) is 7.26. The Bertz CT molecular complexity index is 1510. The number of benzene rings is 4. The van der Waals surface area contributed by atoms with E-state index in [1.807, 2.05) is 0 Å². The number of ether oxygens (including phenoxy) is 1. The van der Waals surface area contributed by atoms with Gasteiger partial charge in [0.05, 0.1) is 10.5 Å². The molecule has 4 rings (SSSR count). The zero-order chi connectivity index (χ0) is 25.7. The first-order valence-electron chi connectivity index (χ1n) is 11.0. The lowest BCUT2D eigenvalue weighted by molar-refractivity contribution is 0.0280. The minimum Gasteiger partial charge on any atom is -0.445 e. The molecule has 1 N–H and O–H groups in total. The number of carbonyl (C=O) groups excluding carboxylic acids is 2. The molecule has 0 aliphatic rings.